The van der Waals surface area contributed by atoms with Crippen LogP contribution in [0.15, 0.2) is 48.5 Å². The number of benzene rings is 2. The lowest BCUT2D eigenvalue weighted by Gasteiger charge is -2.25. The van der Waals surface area contributed by atoms with Gasteiger partial charge in [-0.3, -0.25) is 9.59 Å². The lowest BCUT2D eigenvalue weighted by molar-refractivity contribution is -0.143. The van der Waals surface area contributed by atoms with Gasteiger partial charge >= 0.3 is 12.4 Å². The molecule has 0 aromatic heterocycles. The highest BCUT2D eigenvalue weighted by atomic mass is 19.4. The molecule has 0 bridgehead atoms. The molecule has 0 aliphatic heterocycles. The molecule has 0 aliphatic rings. The zero-order valence-corrected chi connectivity index (χ0v) is 16.7. The van der Waals surface area contributed by atoms with Crippen molar-refractivity contribution in [3.8, 4) is 5.75 Å². The molecule has 1 amide bonds. The number of para-hydroxylation sites is 1. The van der Waals surface area contributed by atoms with E-state index in [0.717, 1.165) is 0 Å². The molecule has 31 heavy (non-hydrogen) atoms. The summed E-state index contributed by atoms with van der Waals surface area (Å²) in [6.45, 7) is 4.32. The van der Waals surface area contributed by atoms with E-state index in [2.05, 4.69) is 5.32 Å². The Kier molecular flexibility index (Phi) is 6.72. The van der Waals surface area contributed by atoms with Gasteiger partial charge in [0.2, 0.25) is 6.10 Å². The third-order valence-corrected chi connectivity index (χ3v) is 4.07. The zero-order chi connectivity index (χ0) is 23.6. The number of rotatable bonds is 5. The van der Waals surface area contributed by atoms with Gasteiger partial charge in [0.15, 0.2) is 5.78 Å². The third kappa shape index (κ3) is 6.47. The summed E-state index contributed by atoms with van der Waals surface area (Å²) in [6, 6.07) is 8.36. The van der Waals surface area contributed by atoms with E-state index in [-0.39, 0.29) is 11.8 Å². The van der Waals surface area contributed by atoms with E-state index in [1.807, 2.05) is 0 Å². The van der Waals surface area contributed by atoms with E-state index in [4.69, 9.17) is 4.74 Å². The van der Waals surface area contributed by atoms with Crippen LogP contribution >= 0.6 is 0 Å². The largest absolute Gasteiger partial charge is 0.473 e. The van der Waals surface area contributed by atoms with Gasteiger partial charge in [0, 0.05) is 11.1 Å². The smallest absolute Gasteiger partial charge is 0.416 e. The maximum atomic E-state index is 13.1. The fourth-order valence-electron chi connectivity index (χ4n) is 2.48. The Labute approximate surface area is 174 Å². The number of carbonyl (C=O) groups is 2. The zero-order valence-electron chi connectivity index (χ0n) is 16.7. The van der Waals surface area contributed by atoms with Crippen LogP contribution in [0, 0.1) is 5.41 Å². The summed E-state index contributed by atoms with van der Waals surface area (Å²) in [5.74, 6) is -2.77. The van der Waals surface area contributed by atoms with Gasteiger partial charge < -0.3 is 10.1 Å². The number of hydrogen-bond donors (Lipinski definition) is 1. The molecule has 2 aromatic carbocycles. The number of ether oxygens (including phenoxy) is 1. The first kappa shape index (κ1) is 24.2. The summed E-state index contributed by atoms with van der Waals surface area (Å²) in [7, 11) is 0. The van der Waals surface area contributed by atoms with Crippen LogP contribution < -0.4 is 10.1 Å². The molecule has 0 spiro atoms. The first-order valence-corrected chi connectivity index (χ1v) is 8.95. The molecule has 4 nitrogen and oxygen atoms in total. The molecule has 0 aliphatic carbocycles. The lowest BCUT2D eigenvalue weighted by atomic mass is 9.87. The van der Waals surface area contributed by atoms with Gasteiger partial charge in [-0.15, -0.1) is 0 Å². The molecule has 1 atom stereocenters. The van der Waals surface area contributed by atoms with Gasteiger partial charge in [0.05, 0.1) is 11.1 Å². The standard InChI is InChI=1S/C21H19F6NO3/c1-19(2,3)17(29)16(18(30)28-14-7-5-4-6-8-14)31-15-10-12(20(22,23)24)9-13(11-15)21(25,26)27/h4-11,16H,1-3H3,(H,28,30). The predicted molar refractivity (Wildman–Crippen MR) is 100 cm³/mol. The van der Waals surface area contributed by atoms with Crippen LogP contribution in [0.3, 0.4) is 0 Å². The molecular formula is C21H19F6NO3. The van der Waals surface area contributed by atoms with E-state index < -0.39 is 52.4 Å². The molecule has 10 heteroatoms. The highest BCUT2D eigenvalue weighted by Gasteiger charge is 2.40. The van der Waals surface area contributed by atoms with Gasteiger partial charge in [-0.05, 0) is 30.3 Å². The van der Waals surface area contributed by atoms with Crippen molar-refractivity contribution >= 4 is 17.4 Å². The second kappa shape index (κ2) is 8.60. The van der Waals surface area contributed by atoms with Crippen LogP contribution in [-0.4, -0.2) is 17.8 Å². The number of carbonyl (C=O) groups excluding carboxylic acids is 2. The number of nitrogens with one attached hydrogen (secondary N) is 1. The fraction of sp³-hybridized carbons (Fsp3) is 0.333. The van der Waals surface area contributed by atoms with Crippen LogP contribution in [-0.2, 0) is 21.9 Å². The number of Topliss-reactive ketones (excluding diaryl/α,β-unsaturated/α-hetero) is 1. The Morgan fingerprint density at radius 3 is 1.74 bits per heavy atom. The molecular weight excluding hydrogens is 428 g/mol. The summed E-state index contributed by atoms with van der Waals surface area (Å²) in [4.78, 5) is 25.4. The van der Waals surface area contributed by atoms with Crippen LogP contribution in [0.25, 0.3) is 0 Å². The van der Waals surface area contributed by atoms with Gasteiger partial charge in [0.25, 0.3) is 5.91 Å². The van der Waals surface area contributed by atoms with Crippen molar-refractivity contribution in [1.29, 1.82) is 0 Å². The molecule has 1 N–H and O–H groups in total. The van der Waals surface area contributed by atoms with E-state index in [0.29, 0.717) is 12.1 Å². The highest BCUT2D eigenvalue weighted by molar-refractivity contribution is 6.11. The van der Waals surface area contributed by atoms with Crippen molar-refractivity contribution in [3.05, 3.63) is 59.7 Å². The molecule has 0 heterocycles. The van der Waals surface area contributed by atoms with E-state index >= 15 is 0 Å². The SMILES string of the molecule is CC(C)(C)C(=O)C(Oc1cc(C(F)(F)F)cc(C(F)(F)F)c1)C(=O)Nc1ccccc1. The summed E-state index contributed by atoms with van der Waals surface area (Å²) in [5.41, 5.74) is -4.15. The minimum atomic E-state index is -5.10. The molecule has 1 unspecified atom stereocenters. The normalized spacial score (nSPS) is 13.5. The summed E-state index contributed by atoms with van der Waals surface area (Å²) in [6.07, 6.45) is -12.2. The monoisotopic (exact) mass is 447 g/mol. The number of halogens is 6. The van der Waals surface area contributed by atoms with Crippen molar-refractivity contribution in [2.24, 2.45) is 5.41 Å². The Hall–Kier alpha value is -3.04. The summed E-state index contributed by atoms with van der Waals surface area (Å²) < 4.78 is 83.7. The van der Waals surface area contributed by atoms with Crippen LogP contribution in [0.5, 0.6) is 5.75 Å². The van der Waals surface area contributed by atoms with Crippen molar-refractivity contribution in [3.63, 3.8) is 0 Å². The Bertz CT molecular complexity index is 914. The molecule has 0 saturated heterocycles. The van der Waals surface area contributed by atoms with Crippen LogP contribution in [0.4, 0.5) is 32.0 Å². The first-order valence-electron chi connectivity index (χ1n) is 8.95. The summed E-state index contributed by atoms with van der Waals surface area (Å²) in [5, 5.41) is 2.38. The quantitative estimate of drug-likeness (QED) is 0.471. The lowest BCUT2D eigenvalue weighted by Crippen LogP contribution is -2.45. The number of alkyl halides is 6. The Balaban J connectivity index is 2.48. The minimum Gasteiger partial charge on any atom is -0.473 e. The van der Waals surface area contributed by atoms with Crippen molar-refractivity contribution in [2.45, 2.75) is 39.2 Å². The van der Waals surface area contributed by atoms with Gasteiger partial charge in [-0.2, -0.15) is 26.3 Å². The Morgan fingerprint density at radius 1 is 0.839 bits per heavy atom. The van der Waals surface area contributed by atoms with Crippen molar-refractivity contribution < 1.29 is 40.7 Å². The minimum absolute atomic E-state index is 0.0719. The second-order valence-electron chi connectivity index (χ2n) is 7.71. The van der Waals surface area contributed by atoms with E-state index in [1.165, 1.54) is 32.9 Å². The van der Waals surface area contributed by atoms with Crippen molar-refractivity contribution in [1.82, 2.24) is 0 Å². The molecule has 168 valence electrons. The molecule has 0 radical (unpaired) electrons. The van der Waals surface area contributed by atoms with Gasteiger partial charge in [-0.1, -0.05) is 39.0 Å². The number of ketones is 1. The number of amides is 1. The maximum absolute atomic E-state index is 13.1. The maximum Gasteiger partial charge on any atom is 0.416 e. The highest BCUT2D eigenvalue weighted by Crippen LogP contribution is 2.38. The van der Waals surface area contributed by atoms with Crippen LogP contribution in [0.1, 0.15) is 31.9 Å². The molecule has 2 rings (SSSR count). The third-order valence-electron chi connectivity index (χ3n) is 4.07. The predicted octanol–water partition coefficient (Wildman–Crippen LogP) is 5.73. The number of hydrogen-bond acceptors (Lipinski definition) is 3. The average Bonchev–Trinajstić information content (AvgIpc) is 2.64. The van der Waals surface area contributed by atoms with Gasteiger partial charge in [0.1, 0.15) is 5.75 Å². The average molecular weight is 447 g/mol. The number of anilines is 1. The first-order chi connectivity index (χ1) is 14.1. The fourth-order valence-corrected chi connectivity index (χ4v) is 2.48. The van der Waals surface area contributed by atoms with Crippen LogP contribution in [0.2, 0.25) is 0 Å². The van der Waals surface area contributed by atoms with Crippen molar-refractivity contribution in [2.75, 3.05) is 5.32 Å². The van der Waals surface area contributed by atoms with Gasteiger partial charge in [-0.25, -0.2) is 0 Å². The summed E-state index contributed by atoms with van der Waals surface area (Å²) >= 11 is 0. The Morgan fingerprint density at radius 2 is 1.32 bits per heavy atom. The van der Waals surface area contributed by atoms with E-state index in [9.17, 15) is 35.9 Å². The van der Waals surface area contributed by atoms with E-state index in [1.54, 1.807) is 18.2 Å². The molecule has 0 saturated carbocycles. The second-order valence-corrected chi connectivity index (χ2v) is 7.71. The molecule has 2 aromatic rings. The topological polar surface area (TPSA) is 55.4 Å². The molecule has 0 fully saturated rings.